The number of benzene rings is 1. The number of carbonyl (C=O) groups is 1. The predicted octanol–water partition coefficient (Wildman–Crippen LogP) is 4.86. The van der Waals surface area contributed by atoms with E-state index >= 15 is 0 Å². The molecule has 5 rings (SSSR count). The second-order valence-corrected chi connectivity index (χ2v) is 8.45. The average molecular weight is 474 g/mol. The summed E-state index contributed by atoms with van der Waals surface area (Å²) in [5.41, 5.74) is 1.50. The van der Waals surface area contributed by atoms with Crippen molar-refractivity contribution in [2.45, 2.75) is 32.7 Å². The van der Waals surface area contributed by atoms with E-state index in [0.717, 1.165) is 30.8 Å². The molecule has 0 unspecified atom stereocenters. The first-order chi connectivity index (χ1) is 17.0. The Morgan fingerprint density at radius 3 is 2.91 bits per heavy atom. The molecule has 35 heavy (non-hydrogen) atoms. The number of halogens is 1. The highest BCUT2D eigenvalue weighted by molar-refractivity contribution is 6.04. The van der Waals surface area contributed by atoms with Gasteiger partial charge in [-0.1, -0.05) is 6.07 Å². The highest BCUT2D eigenvalue weighted by atomic mass is 19.1. The van der Waals surface area contributed by atoms with E-state index in [-0.39, 0.29) is 17.4 Å². The molecule has 1 aliphatic rings. The summed E-state index contributed by atoms with van der Waals surface area (Å²) in [5, 5.41) is 14.0. The first-order valence-corrected chi connectivity index (χ1v) is 11.4. The quantitative estimate of drug-likeness (QED) is 0.412. The van der Waals surface area contributed by atoms with Gasteiger partial charge in [0.25, 0.3) is 5.91 Å². The van der Waals surface area contributed by atoms with Crippen molar-refractivity contribution in [3.05, 3.63) is 71.8 Å². The van der Waals surface area contributed by atoms with Crippen molar-refractivity contribution in [3.63, 3.8) is 0 Å². The Balaban J connectivity index is 1.35. The highest BCUT2D eigenvalue weighted by Gasteiger charge is 2.17. The summed E-state index contributed by atoms with van der Waals surface area (Å²) in [6, 6.07) is 13.0. The van der Waals surface area contributed by atoms with Gasteiger partial charge in [0, 0.05) is 18.7 Å². The lowest BCUT2D eigenvalue weighted by molar-refractivity contribution is 0.102. The summed E-state index contributed by atoms with van der Waals surface area (Å²) >= 11 is 0. The molecule has 178 valence electrons. The summed E-state index contributed by atoms with van der Waals surface area (Å²) in [7, 11) is 0. The summed E-state index contributed by atoms with van der Waals surface area (Å²) in [6.45, 7) is 4.87. The molecule has 0 atom stereocenters. The Morgan fingerprint density at radius 2 is 2.06 bits per heavy atom. The van der Waals surface area contributed by atoms with Crippen LogP contribution in [-0.4, -0.2) is 37.2 Å². The third kappa shape index (κ3) is 4.81. The molecule has 1 aliphatic heterocycles. The van der Waals surface area contributed by atoms with E-state index < -0.39 is 11.7 Å². The van der Waals surface area contributed by atoms with Gasteiger partial charge in [-0.2, -0.15) is 4.98 Å². The van der Waals surface area contributed by atoms with Crippen LogP contribution < -0.4 is 15.4 Å². The number of ether oxygens (including phenoxy) is 1. The van der Waals surface area contributed by atoms with Crippen LogP contribution in [-0.2, 0) is 6.42 Å². The number of nitrogens with one attached hydrogen (secondary N) is 2. The molecule has 0 bridgehead atoms. The van der Waals surface area contributed by atoms with Gasteiger partial charge in [0.05, 0.1) is 5.56 Å². The molecule has 0 saturated carbocycles. The lowest BCUT2D eigenvalue weighted by atomic mass is 10.1. The van der Waals surface area contributed by atoms with Crippen molar-refractivity contribution < 1.29 is 13.9 Å². The largest absolute Gasteiger partial charge is 0.439 e. The maximum Gasteiger partial charge on any atom is 0.259 e. The third-order valence-electron chi connectivity index (χ3n) is 5.62. The molecular formula is C25H24FN7O2. The van der Waals surface area contributed by atoms with E-state index in [0.29, 0.717) is 23.1 Å². The molecule has 1 amide bonds. The van der Waals surface area contributed by atoms with Crippen molar-refractivity contribution in [2.24, 2.45) is 0 Å². The van der Waals surface area contributed by atoms with Gasteiger partial charge >= 0.3 is 0 Å². The van der Waals surface area contributed by atoms with Crippen LogP contribution in [0.4, 0.5) is 16.0 Å². The topological polar surface area (TPSA) is 107 Å². The number of hydrogen-bond donors (Lipinski definition) is 2. The smallest absolute Gasteiger partial charge is 0.259 e. The van der Waals surface area contributed by atoms with Crippen LogP contribution in [0.2, 0.25) is 0 Å². The summed E-state index contributed by atoms with van der Waals surface area (Å²) in [5.74, 6) is 0.955. The van der Waals surface area contributed by atoms with Gasteiger partial charge in [0.2, 0.25) is 5.88 Å². The first-order valence-electron chi connectivity index (χ1n) is 11.4. The number of aromatic nitrogens is 5. The number of hydrogen-bond acceptors (Lipinski definition) is 7. The van der Waals surface area contributed by atoms with Crippen LogP contribution in [0, 0.1) is 5.82 Å². The number of fused-ring (bicyclic) bond motifs is 1. The standard InChI is InChI=1S/C25H24FN7O2/c1-15(2)33-14-28-32-24(33)20-6-3-7-21(29-20)30-25(34)18-13-17(9-10-19(18)26)35-22-11-8-16-5-4-12-27-23(16)31-22/h3,6-11,13-15H,4-5,12H2,1-2H3,(H,27,31)(H,29,30,34). The third-order valence-corrected chi connectivity index (χ3v) is 5.62. The monoisotopic (exact) mass is 473 g/mol. The van der Waals surface area contributed by atoms with Crippen LogP contribution in [0.3, 0.4) is 0 Å². The summed E-state index contributed by atoms with van der Waals surface area (Å²) < 4.78 is 22.2. The van der Waals surface area contributed by atoms with E-state index in [9.17, 15) is 9.18 Å². The molecule has 0 spiro atoms. The number of carbonyl (C=O) groups excluding carboxylic acids is 1. The number of pyridine rings is 2. The first kappa shape index (κ1) is 22.5. The second-order valence-electron chi connectivity index (χ2n) is 8.45. The molecule has 0 aliphatic carbocycles. The van der Waals surface area contributed by atoms with Crippen molar-refractivity contribution in [2.75, 3.05) is 17.2 Å². The van der Waals surface area contributed by atoms with Crippen LogP contribution in [0.25, 0.3) is 11.5 Å². The van der Waals surface area contributed by atoms with Gasteiger partial charge in [-0.3, -0.25) is 4.79 Å². The molecule has 0 saturated heterocycles. The van der Waals surface area contributed by atoms with E-state index in [4.69, 9.17) is 4.74 Å². The molecule has 1 aromatic carbocycles. The number of nitrogens with zero attached hydrogens (tertiary/aromatic N) is 5. The molecule has 2 N–H and O–H groups in total. The second kappa shape index (κ2) is 9.49. The number of rotatable bonds is 6. The fraction of sp³-hybridized carbons (Fsp3) is 0.240. The highest BCUT2D eigenvalue weighted by Crippen LogP contribution is 2.27. The minimum atomic E-state index is -0.675. The Kier molecular flexibility index (Phi) is 6.09. The summed E-state index contributed by atoms with van der Waals surface area (Å²) in [6.07, 6.45) is 3.64. The molecule has 0 fully saturated rings. The Morgan fingerprint density at radius 1 is 1.17 bits per heavy atom. The van der Waals surface area contributed by atoms with Crippen molar-refractivity contribution >= 4 is 17.5 Å². The lowest BCUT2D eigenvalue weighted by Crippen LogP contribution is -2.15. The fourth-order valence-corrected chi connectivity index (χ4v) is 3.85. The SMILES string of the molecule is CC(C)n1cnnc1-c1cccc(NC(=O)c2cc(Oc3ccc4c(n3)NCCC4)ccc2F)n1. The van der Waals surface area contributed by atoms with E-state index in [2.05, 4.69) is 30.8 Å². The van der Waals surface area contributed by atoms with E-state index in [1.165, 1.54) is 18.2 Å². The Bertz CT molecular complexity index is 1390. The normalized spacial score (nSPS) is 12.7. The molecule has 9 nitrogen and oxygen atoms in total. The van der Waals surface area contributed by atoms with E-state index in [1.54, 1.807) is 30.6 Å². The molecule has 4 heterocycles. The minimum absolute atomic E-state index is 0.136. The zero-order valence-corrected chi connectivity index (χ0v) is 19.3. The number of amides is 1. The van der Waals surface area contributed by atoms with Gasteiger partial charge in [0.1, 0.15) is 35.2 Å². The zero-order chi connectivity index (χ0) is 24.4. The molecule has 3 aromatic heterocycles. The summed E-state index contributed by atoms with van der Waals surface area (Å²) in [4.78, 5) is 21.8. The van der Waals surface area contributed by atoms with Crippen molar-refractivity contribution in [3.8, 4) is 23.1 Å². The van der Waals surface area contributed by atoms with Gasteiger partial charge in [0.15, 0.2) is 5.82 Å². The maximum absolute atomic E-state index is 14.5. The van der Waals surface area contributed by atoms with Crippen LogP contribution in [0.1, 0.15) is 42.2 Å². The van der Waals surface area contributed by atoms with Gasteiger partial charge in [-0.25, -0.2) is 9.37 Å². The molecule has 10 heteroatoms. The zero-order valence-electron chi connectivity index (χ0n) is 19.3. The predicted molar refractivity (Wildman–Crippen MR) is 129 cm³/mol. The Labute approximate surface area is 201 Å². The Hall–Kier alpha value is -4.34. The lowest BCUT2D eigenvalue weighted by Gasteiger charge is -2.17. The van der Waals surface area contributed by atoms with Crippen LogP contribution in [0.5, 0.6) is 11.6 Å². The fourth-order valence-electron chi connectivity index (χ4n) is 3.85. The van der Waals surface area contributed by atoms with Crippen LogP contribution in [0.15, 0.2) is 54.9 Å². The molecule has 0 radical (unpaired) electrons. The molecule has 4 aromatic rings. The van der Waals surface area contributed by atoms with E-state index in [1.807, 2.05) is 24.5 Å². The van der Waals surface area contributed by atoms with Gasteiger partial charge in [-0.15, -0.1) is 10.2 Å². The van der Waals surface area contributed by atoms with Crippen molar-refractivity contribution in [1.82, 2.24) is 24.7 Å². The van der Waals surface area contributed by atoms with Gasteiger partial charge < -0.3 is 19.9 Å². The number of anilines is 2. The van der Waals surface area contributed by atoms with Gasteiger partial charge in [-0.05, 0) is 68.7 Å². The molecular weight excluding hydrogens is 449 g/mol. The van der Waals surface area contributed by atoms with Crippen LogP contribution >= 0.6 is 0 Å². The number of aryl methyl sites for hydroxylation is 1. The maximum atomic E-state index is 14.5. The minimum Gasteiger partial charge on any atom is -0.439 e. The van der Waals surface area contributed by atoms with Crippen molar-refractivity contribution in [1.29, 1.82) is 0 Å². The average Bonchev–Trinajstić information content (AvgIpc) is 3.36.